The van der Waals surface area contributed by atoms with Crippen LogP contribution in [0.4, 0.5) is 5.69 Å². The second kappa shape index (κ2) is 8.02. The van der Waals surface area contributed by atoms with E-state index in [1.54, 1.807) is 7.11 Å². The summed E-state index contributed by atoms with van der Waals surface area (Å²) >= 11 is 4.92. The molecule has 20 heavy (non-hydrogen) atoms. The molecule has 0 bridgehead atoms. The minimum absolute atomic E-state index is 0.112. The molecule has 0 aliphatic carbocycles. The summed E-state index contributed by atoms with van der Waals surface area (Å²) in [6.07, 6.45) is 1.24. The Morgan fingerprint density at radius 1 is 1.65 bits per heavy atom. The van der Waals surface area contributed by atoms with Crippen molar-refractivity contribution in [2.45, 2.75) is 0 Å². The average molecular weight is 298 g/mol. The Morgan fingerprint density at radius 2 is 2.40 bits per heavy atom. The zero-order valence-electron chi connectivity index (χ0n) is 10.7. The number of non-ortho nitro benzene ring substituents is 1. The Balaban J connectivity index is 2.59. The predicted molar refractivity (Wildman–Crippen MR) is 78.0 cm³/mol. The average Bonchev–Trinajstić information content (AvgIpc) is 2.41. The van der Waals surface area contributed by atoms with Crippen molar-refractivity contribution in [3.63, 3.8) is 0 Å². The normalized spacial score (nSPS) is 10.4. The van der Waals surface area contributed by atoms with E-state index in [0.717, 1.165) is 0 Å². The van der Waals surface area contributed by atoms with Gasteiger partial charge in [0.15, 0.2) is 5.11 Å². The van der Waals surface area contributed by atoms with Gasteiger partial charge in [0.2, 0.25) is 0 Å². The van der Waals surface area contributed by atoms with E-state index in [-0.39, 0.29) is 22.1 Å². The zero-order chi connectivity index (χ0) is 15.0. The number of nitrogens with one attached hydrogen (secondary N) is 2. The molecule has 3 N–H and O–H groups in total. The predicted octanol–water partition coefficient (Wildman–Crippen LogP) is 0.745. The highest BCUT2D eigenvalue weighted by Crippen LogP contribution is 2.20. The van der Waals surface area contributed by atoms with Crippen LogP contribution >= 0.6 is 12.2 Å². The molecule has 0 saturated carbocycles. The number of nitro benzene ring substituents is 1. The lowest BCUT2D eigenvalue weighted by Gasteiger charge is -2.05. The van der Waals surface area contributed by atoms with Gasteiger partial charge in [-0.25, -0.2) is 0 Å². The topological polar surface area (TPSA) is 109 Å². The molecule has 0 amide bonds. The fourth-order valence-corrected chi connectivity index (χ4v) is 1.38. The molecule has 0 aliphatic rings. The number of nitrogens with zero attached hydrogens (tertiary/aromatic N) is 2. The van der Waals surface area contributed by atoms with Crippen LogP contribution in [0.5, 0.6) is 5.75 Å². The molecule has 0 spiro atoms. The first-order valence-corrected chi connectivity index (χ1v) is 5.98. The van der Waals surface area contributed by atoms with Crippen LogP contribution in [0, 0.1) is 10.1 Å². The van der Waals surface area contributed by atoms with E-state index >= 15 is 0 Å². The standard InChI is InChI=1S/C11H14N4O4S/c1-19-5-4-12-11(20)14-13-7-8-6-9(15(17)18)2-3-10(8)16/h2-3,6-7,16H,4-5H2,1H3,(H2,12,14,20)/b13-7-. The first kappa shape index (κ1) is 15.8. The van der Waals surface area contributed by atoms with Crippen LogP contribution in [0.15, 0.2) is 23.3 Å². The van der Waals surface area contributed by atoms with Gasteiger partial charge in [-0.3, -0.25) is 15.5 Å². The number of methoxy groups -OCH3 is 1. The number of hydrazone groups is 1. The summed E-state index contributed by atoms with van der Waals surface area (Å²) in [4.78, 5) is 10.1. The largest absolute Gasteiger partial charge is 0.507 e. The van der Waals surface area contributed by atoms with Gasteiger partial charge in [-0.05, 0) is 18.3 Å². The molecule has 0 saturated heterocycles. The van der Waals surface area contributed by atoms with Gasteiger partial charge < -0.3 is 15.2 Å². The fourth-order valence-electron chi connectivity index (χ4n) is 1.23. The Morgan fingerprint density at radius 3 is 3.05 bits per heavy atom. The third kappa shape index (κ3) is 5.16. The molecule has 0 heterocycles. The number of phenolic OH excluding ortho intramolecular Hbond substituents is 1. The molecule has 0 radical (unpaired) electrons. The number of aromatic hydroxyl groups is 1. The zero-order valence-corrected chi connectivity index (χ0v) is 11.5. The lowest BCUT2D eigenvalue weighted by atomic mass is 10.2. The van der Waals surface area contributed by atoms with Crippen LogP contribution < -0.4 is 10.7 Å². The van der Waals surface area contributed by atoms with Crippen LogP contribution in [0.25, 0.3) is 0 Å². The number of benzene rings is 1. The van der Waals surface area contributed by atoms with E-state index in [1.165, 1.54) is 24.4 Å². The van der Waals surface area contributed by atoms with Crippen molar-refractivity contribution in [2.75, 3.05) is 20.3 Å². The SMILES string of the molecule is COCCNC(=S)N/N=C\c1cc([N+](=O)[O-])ccc1O. The minimum atomic E-state index is -0.554. The molecule has 0 aromatic heterocycles. The van der Waals surface area contributed by atoms with E-state index < -0.39 is 4.92 Å². The lowest BCUT2D eigenvalue weighted by Crippen LogP contribution is -2.34. The van der Waals surface area contributed by atoms with Gasteiger partial charge >= 0.3 is 0 Å². The highest BCUT2D eigenvalue weighted by atomic mass is 32.1. The number of hydrogen-bond donors (Lipinski definition) is 3. The molecule has 0 fully saturated rings. The lowest BCUT2D eigenvalue weighted by molar-refractivity contribution is -0.384. The van der Waals surface area contributed by atoms with Crippen LogP contribution in [0.3, 0.4) is 0 Å². The van der Waals surface area contributed by atoms with Crippen molar-refractivity contribution >= 4 is 29.2 Å². The van der Waals surface area contributed by atoms with E-state index in [9.17, 15) is 15.2 Å². The summed E-state index contributed by atoms with van der Waals surface area (Å²) in [6, 6.07) is 3.65. The van der Waals surface area contributed by atoms with Crippen LogP contribution in [0.1, 0.15) is 5.56 Å². The first-order chi connectivity index (χ1) is 9.54. The number of nitro groups is 1. The van der Waals surface area contributed by atoms with Gasteiger partial charge in [-0.2, -0.15) is 5.10 Å². The first-order valence-electron chi connectivity index (χ1n) is 5.58. The highest BCUT2D eigenvalue weighted by molar-refractivity contribution is 7.80. The molecule has 8 nitrogen and oxygen atoms in total. The fraction of sp³-hybridized carbons (Fsp3) is 0.273. The van der Waals surface area contributed by atoms with Crippen LogP contribution in [0.2, 0.25) is 0 Å². The van der Waals surface area contributed by atoms with Gasteiger partial charge in [-0.15, -0.1) is 0 Å². The molecular formula is C11H14N4O4S. The third-order valence-corrected chi connectivity index (χ3v) is 2.42. The molecule has 1 rings (SSSR count). The monoisotopic (exact) mass is 298 g/mol. The number of thiocarbonyl (C=S) groups is 1. The number of rotatable bonds is 6. The summed E-state index contributed by atoms with van der Waals surface area (Å²) < 4.78 is 4.83. The molecule has 0 atom stereocenters. The summed E-state index contributed by atoms with van der Waals surface area (Å²) in [7, 11) is 1.57. The van der Waals surface area contributed by atoms with E-state index in [2.05, 4.69) is 15.8 Å². The van der Waals surface area contributed by atoms with Crippen molar-refractivity contribution in [3.05, 3.63) is 33.9 Å². The molecule has 9 heteroatoms. The number of phenols is 1. The highest BCUT2D eigenvalue weighted by Gasteiger charge is 2.08. The molecule has 1 aromatic rings. The van der Waals surface area contributed by atoms with Crippen molar-refractivity contribution in [2.24, 2.45) is 5.10 Å². The molecule has 0 unspecified atom stereocenters. The van der Waals surface area contributed by atoms with Gasteiger partial charge in [0.05, 0.1) is 17.7 Å². The second-order valence-corrected chi connectivity index (χ2v) is 4.03. The van der Waals surface area contributed by atoms with Gasteiger partial charge in [0.1, 0.15) is 5.75 Å². The smallest absolute Gasteiger partial charge is 0.270 e. The maximum atomic E-state index is 10.6. The maximum absolute atomic E-state index is 10.6. The summed E-state index contributed by atoms with van der Waals surface area (Å²) in [5.41, 5.74) is 2.60. The van der Waals surface area contributed by atoms with Gasteiger partial charge in [0.25, 0.3) is 5.69 Å². The van der Waals surface area contributed by atoms with Crippen molar-refractivity contribution in [3.8, 4) is 5.75 Å². The number of hydrogen-bond acceptors (Lipinski definition) is 6. The molecule has 1 aromatic carbocycles. The Hall–Kier alpha value is -2.26. The number of ether oxygens (including phenoxy) is 1. The van der Waals surface area contributed by atoms with E-state index in [0.29, 0.717) is 13.2 Å². The van der Waals surface area contributed by atoms with Gasteiger partial charge in [0, 0.05) is 31.4 Å². The molecular weight excluding hydrogens is 284 g/mol. The summed E-state index contributed by atoms with van der Waals surface area (Å²) in [5.74, 6) is -0.112. The Bertz CT molecular complexity index is 521. The third-order valence-electron chi connectivity index (χ3n) is 2.18. The molecule has 108 valence electrons. The van der Waals surface area contributed by atoms with Crippen molar-refractivity contribution in [1.82, 2.24) is 10.7 Å². The summed E-state index contributed by atoms with van der Waals surface area (Å²) in [6.45, 7) is 1.02. The van der Waals surface area contributed by atoms with E-state index in [1.807, 2.05) is 0 Å². The van der Waals surface area contributed by atoms with Gasteiger partial charge in [-0.1, -0.05) is 0 Å². The van der Waals surface area contributed by atoms with E-state index in [4.69, 9.17) is 17.0 Å². The van der Waals surface area contributed by atoms with Crippen molar-refractivity contribution in [1.29, 1.82) is 0 Å². The van der Waals surface area contributed by atoms with Crippen LogP contribution in [-0.4, -0.2) is 41.6 Å². The maximum Gasteiger partial charge on any atom is 0.270 e. The Kier molecular flexibility index (Phi) is 6.33. The Labute approximate surface area is 120 Å². The minimum Gasteiger partial charge on any atom is -0.507 e. The molecule has 0 aliphatic heterocycles. The second-order valence-electron chi connectivity index (χ2n) is 3.62. The quantitative estimate of drug-likeness (QED) is 0.234. The summed E-state index contributed by atoms with van der Waals surface area (Å²) in [5, 5.41) is 27.0. The van der Waals surface area contributed by atoms with Crippen molar-refractivity contribution < 1.29 is 14.8 Å². The van der Waals surface area contributed by atoms with Crippen LogP contribution in [-0.2, 0) is 4.74 Å².